The molecule has 0 spiro atoms. The standard InChI is InChI=1S/C42H37N/c1-3-4-6-11-29(2)31-17-19-32(20-18-31)36-23-21-34-26-40-37(24-25-39(36)42(34)40)38(22-16-30-12-7-5-8-13-30)41-27-33-14-9-10-15-35(33)28-43-41/h3-15,17-25,27,29,43H,16,26,28H2,1-2H3/b4-3-,11-6-,38-22+. The summed E-state index contributed by atoms with van der Waals surface area (Å²) in [5.74, 6) is 0.383. The van der Waals surface area contributed by atoms with E-state index in [1.807, 2.05) is 6.92 Å². The Morgan fingerprint density at radius 2 is 1.63 bits per heavy atom. The largest absolute Gasteiger partial charge is 0.380 e. The molecule has 1 aliphatic carbocycles. The van der Waals surface area contributed by atoms with E-state index >= 15 is 0 Å². The molecule has 1 heteroatoms. The fraction of sp³-hybridized carbons (Fsp3) is 0.143. The molecule has 43 heavy (non-hydrogen) atoms. The van der Waals surface area contributed by atoms with Crippen LogP contribution in [0.5, 0.6) is 0 Å². The zero-order valence-electron chi connectivity index (χ0n) is 25.0. The Balaban J connectivity index is 1.28. The summed E-state index contributed by atoms with van der Waals surface area (Å²) < 4.78 is 0. The third kappa shape index (κ3) is 5.28. The van der Waals surface area contributed by atoms with Crippen molar-refractivity contribution < 1.29 is 0 Å². The van der Waals surface area contributed by atoms with E-state index in [1.165, 1.54) is 72.1 Å². The Hall–Kier alpha value is -4.88. The lowest BCUT2D eigenvalue weighted by atomic mass is 9.77. The smallest absolute Gasteiger partial charge is 0.0425 e. The first-order chi connectivity index (χ1) is 21.2. The average Bonchev–Trinajstić information content (AvgIpc) is 3.04. The van der Waals surface area contributed by atoms with E-state index in [-0.39, 0.29) is 0 Å². The van der Waals surface area contributed by atoms with Crippen LogP contribution in [-0.4, -0.2) is 0 Å². The van der Waals surface area contributed by atoms with E-state index in [2.05, 4.69) is 152 Å². The lowest BCUT2D eigenvalue weighted by molar-refractivity contribution is 0.826. The Morgan fingerprint density at radius 3 is 2.47 bits per heavy atom. The van der Waals surface area contributed by atoms with Crippen molar-refractivity contribution in [1.82, 2.24) is 5.32 Å². The summed E-state index contributed by atoms with van der Waals surface area (Å²) in [6.07, 6.45) is 15.2. The highest BCUT2D eigenvalue weighted by Crippen LogP contribution is 2.44. The van der Waals surface area contributed by atoms with Crippen molar-refractivity contribution in [2.75, 3.05) is 0 Å². The Kier molecular flexibility index (Phi) is 7.39. The maximum atomic E-state index is 3.76. The molecule has 1 aliphatic heterocycles. The topological polar surface area (TPSA) is 12.0 Å². The minimum atomic E-state index is 0.383. The zero-order chi connectivity index (χ0) is 29.2. The normalized spacial score (nSPS) is 14.8. The number of hydrogen-bond acceptors (Lipinski definition) is 1. The summed E-state index contributed by atoms with van der Waals surface area (Å²) in [6, 6.07) is 38.0. The molecule has 0 bridgehead atoms. The fourth-order valence-electron chi connectivity index (χ4n) is 6.54. The molecule has 0 aromatic heterocycles. The van der Waals surface area contributed by atoms with E-state index in [0.29, 0.717) is 5.92 Å². The van der Waals surface area contributed by atoms with Gasteiger partial charge in [0.05, 0.1) is 0 Å². The summed E-state index contributed by atoms with van der Waals surface area (Å²) in [6.45, 7) is 5.15. The SMILES string of the molecule is C/C=C\C=C/C(C)c1ccc(-c2ccc3c4c(c(/C(=C\Cc5ccccc5)C5=Cc6ccccc6CN5)ccc24)C3)cc1. The Bertz CT molecular complexity index is 1920. The maximum Gasteiger partial charge on any atom is 0.0425 e. The number of allylic oxidation sites excluding steroid dienone is 6. The van der Waals surface area contributed by atoms with Gasteiger partial charge in [-0.1, -0.05) is 140 Å². The van der Waals surface area contributed by atoms with Gasteiger partial charge in [0.1, 0.15) is 0 Å². The van der Waals surface area contributed by atoms with Crippen LogP contribution in [-0.2, 0) is 19.4 Å². The summed E-state index contributed by atoms with van der Waals surface area (Å²) in [7, 11) is 0. The first-order valence-corrected chi connectivity index (χ1v) is 15.4. The molecule has 5 aromatic rings. The maximum absolute atomic E-state index is 3.76. The number of fused-ring (bicyclic) bond motifs is 1. The van der Waals surface area contributed by atoms with Gasteiger partial charge < -0.3 is 5.32 Å². The van der Waals surface area contributed by atoms with Crippen LogP contribution in [0.2, 0.25) is 0 Å². The highest BCUT2D eigenvalue weighted by atomic mass is 14.9. The second-order valence-corrected chi connectivity index (χ2v) is 11.7. The summed E-state index contributed by atoms with van der Waals surface area (Å²) >= 11 is 0. The van der Waals surface area contributed by atoms with Crippen molar-refractivity contribution in [3.05, 3.63) is 178 Å². The van der Waals surface area contributed by atoms with Crippen LogP contribution in [0.1, 0.15) is 58.7 Å². The zero-order valence-corrected chi connectivity index (χ0v) is 25.0. The van der Waals surface area contributed by atoms with Crippen molar-refractivity contribution in [2.45, 2.75) is 39.2 Å². The fourth-order valence-corrected chi connectivity index (χ4v) is 6.54. The van der Waals surface area contributed by atoms with Crippen molar-refractivity contribution >= 4 is 22.4 Å². The molecule has 0 saturated heterocycles. The van der Waals surface area contributed by atoms with Crippen molar-refractivity contribution in [3.63, 3.8) is 0 Å². The van der Waals surface area contributed by atoms with Gasteiger partial charge in [0, 0.05) is 17.8 Å². The monoisotopic (exact) mass is 555 g/mol. The van der Waals surface area contributed by atoms with E-state index in [4.69, 9.17) is 0 Å². The summed E-state index contributed by atoms with van der Waals surface area (Å²) in [5.41, 5.74) is 14.7. The van der Waals surface area contributed by atoms with E-state index in [0.717, 1.165) is 19.4 Å². The van der Waals surface area contributed by atoms with E-state index < -0.39 is 0 Å². The third-order valence-corrected chi connectivity index (χ3v) is 8.98. The third-order valence-electron chi connectivity index (χ3n) is 8.98. The van der Waals surface area contributed by atoms with Gasteiger partial charge >= 0.3 is 0 Å². The van der Waals surface area contributed by atoms with Crippen molar-refractivity contribution in [3.8, 4) is 11.1 Å². The van der Waals surface area contributed by atoms with E-state index in [1.54, 1.807) is 0 Å². The second kappa shape index (κ2) is 11.8. The molecule has 210 valence electrons. The molecule has 1 N–H and O–H groups in total. The van der Waals surface area contributed by atoms with Gasteiger partial charge in [-0.05, 0) is 92.6 Å². The molecule has 1 nitrogen and oxygen atoms in total. The number of benzene rings is 5. The Labute approximate surface area is 255 Å². The molecule has 5 aromatic carbocycles. The van der Waals surface area contributed by atoms with Crippen molar-refractivity contribution in [1.29, 1.82) is 0 Å². The van der Waals surface area contributed by atoms with Gasteiger partial charge in [0.25, 0.3) is 0 Å². The van der Waals surface area contributed by atoms with Gasteiger partial charge in [-0.3, -0.25) is 0 Å². The van der Waals surface area contributed by atoms with Crippen LogP contribution in [0.15, 0.2) is 139 Å². The molecule has 0 fully saturated rings. The molecule has 0 radical (unpaired) electrons. The van der Waals surface area contributed by atoms with Crippen LogP contribution < -0.4 is 5.32 Å². The van der Waals surface area contributed by atoms with Crippen molar-refractivity contribution in [2.24, 2.45) is 0 Å². The summed E-state index contributed by atoms with van der Waals surface area (Å²) in [4.78, 5) is 0. The quantitative estimate of drug-likeness (QED) is 0.184. The molecule has 1 heterocycles. The van der Waals surface area contributed by atoms with Gasteiger partial charge in [-0.15, -0.1) is 0 Å². The predicted octanol–water partition coefficient (Wildman–Crippen LogP) is 10.4. The lowest BCUT2D eigenvalue weighted by Crippen LogP contribution is -2.20. The summed E-state index contributed by atoms with van der Waals surface area (Å²) in [5, 5.41) is 6.55. The minimum absolute atomic E-state index is 0.383. The highest BCUT2D eigenvalue weighted by Gasteiger charge is 2.25. The molecule has 0 saturated carbocycles. The molecule has 2 aliphatic rings. The molecule has 1 unspecified atom stereocenters. The number of nitrogens with one attached hydrogen (secondary N) is 1. The Morgan fingerprint density at radius 1 is 0.814 bits per heavy atom. The first-order valence-electron chi connectivity index (χ1n) is 15.4. The van der Waals surface area contributed by atoms with Crippen LogP contribution in [0.3, 0.4) is 0 Å². The number of rotatable bonds is 8. The van der Waals surface area contributed by atoms with Gasteiger partial charge in [0.2, 0.25) is 0 Å². The molecule has 0 amide bonds. The average molecular weight is 556 g/mol. The molecular weight excluding hydrogens is 518 g/mol. The molecular formula is C42H37N. The second-order valence-electron chi connectivity index (χ2n) is 11.7. The molecule has 1 atom stereocenters. The predicted molar refractivity (Wildman–Crippen MR) is 184 cm³/mol. The van der Waals surface area contributed by atoms with Crippen LogP contribution in [0.4, 0.5) is 0 Å². The van der Waals surface area contributed by atoms with Gasteiger partial charge in [0.15, 0.2) is 0 Å². The van der Waals surface area contributed by atoms with Gasteiger partial charge in [-0.2, -0.15) is 0 Å². The van der Waals surface area contributed by atoms with Crippen LogP contribution in [0.25, 0.3) is 33.5 Å². The van der Waals surface area contributed by atoms with Crippen LogP contribution in [0, 0.1) is 0 Å². The lowest BCUT2D eigenvalue weighted by Gasteiger charge is -2.29. The first kappa shape index (κ1) is 27.0. The van der Waals surface area contributed by atoms with E-state index in [9.17, 15) is 0 Å². The number of hydrogen-bond donors (Lipinski definition) is 1. The van der Waals surface area contributed by atoms with Crippen LogP contribution >= 0.6 is 0 Å². The molecule has 7 rings (SSSR count). The van der Waals surface area contributed by atoms with Gasteiger partial charge in [-0.25, -0.2) is 0 Å². The highest BCUT2D eigenvalue weighted by molar-refractivity contribution is 6.06. The minimum Gasteiger partial charge on any atom is -0.380 e.